The summed E-state index contributed by atoms with van der Waals surface area (Å²) in [7, 11) is 1.84. The molecule has 0 saturated carbocycles. The lowest BCUT2D eigenvalue weighted by atomic mass is 10.4. The molecule has 0 spiro atoms. The number of halogens is 1. The predicted octanol–water partition coefficient (Wildman–Crippen LogP) is 0.0715. The summed E-state index contributed by atoms with van der Waals surface area (Å²) in [5, 5.41) is 8.62. The number of carbonyl (C=O) groups excluding carboxylic acids is 2. The number of methoxy groups -OCH3 is 2. The quantitative estimate of drug-likeness (QED) is 0.368. The molecular weight excluding hydrogens is 171 g/mol. The number of aliphatic hydroxyl groups excluding tert-OH is 1. The normalized spacial score (nSPS) is 11.6. The topological polar surface area (TPSA) is 72.8 Å². The third-order valence-electron chi connectivity index (χ3n) is 0.951. The molecule has 0 atom stereocenters. The first-order valence-corrected chi connectivity index (χ1v) is 2.80. The number of aliphatic hydroxyl groups is 1. The van der Waals surface area contributed by atoms with Crippen molar-refractivity contribution in [2.24, 2.45) is 0 Å². The van der Waals surface area contributed by atoms with Gasteiger partial charge in [-0.3, -0.25) is 0 Å². The van der Waals surface area contributed by atoms with E-state index in [2.05, 4.69) is 9.47 Å². The highest BCUT2D eigenvalue weighted by Gasteiger charge is 2.21. The van der Waals surface area contributed by atoms with E-state index in [4.69, 9.17) is 5.11 Å². The van der Waals surface area contributed by atoms with Crippen LogP contribution in [0.15, 0.2) is 11.6 Å². The van der Waals surface area contributed by atoms with E-state index in [1.54, 1.807) is 0 Å². The van der Waals surface area contributed by atoms with Gasteiger partial charge in [0.25, 0.3) is 5.83 Å². The first-order chi connectivity index (χ1) is 5.54. The van der Waals surface area contributed by atoms with Gasteiger partial charge in [0.05, 0.1) is 14.2 Å². The summed E-state index contributed by atoms with van der Waals surface area (Å²) in [6, 6.07) is 0. The van der Waals surface area contributed by atoms with Crippen molar-refractivity contribution >= 4 is 11.9 Å². The third-order valence-corrected chi connectivity index (χ3v) is 0.951. The molecule has 0 saturated heterocycles. The second kappa shape index (κ2) is 4.32. The Morgan fingerprint density at radius 1 is 1.17 bits per heavy atom. The van der Waals surface area contributed by atoms with Crippen molar-refractivity contribution in [3.63, 3.8) is 0 Å². The van der Waals surface area contributed by atoms with Gasteiger partial charge in [-0.2, -0.15) is 4.39 Å². The van der Waals surface area contributed by atoms with Crippen molar-refractivity contribution in [3.05, 3.63) is 11.6 Å². The molecule has 6 heteroatoms. The number of hydrogen-bond donors (Lipinski definition) is 1. The van der Waals surface area contributed by atoms with Crippen LogP contribution in [0.5, 0.6) is 0 Å². The van der Waals surface area contributed by atoms with Gasteiger partial charge in [0, 0.05) is 0 Å². The molecule has 5 nitrogen and oxygen atoms in total. The molecule has 0 aromatic carbocycles. The molecule has 0 heterocycles. The van der Waals surface area contributed by atoms with Gasteiger partial charge in [0.15, 0.2) is 0 Å². The van der Waals surface area contributed by atoms with E-state index in [-0.39, 0.29) is 0 Å². The van der Waals surface area contributed by atoms with Crippen LogP contribution in [0.1, 0.15) is 0 Å². The van der Waals surface area contributed by atoms with Gasteiger partial charge in [-0.1, -0.05) is 0 Å². The Morgan fingerprint density at radius 3 is 1.92 bits per heavy atom. The van der Waals surface area contributed by atoms with Crippen LogP contribution in [0.2, 0.25) is 0 Å². The van der Waals surface area contributed by atoms with Crippen LogP contribution in [0.4, 0.5) is 4.39 Å². The van der Waals surface area contributed by atoms with E-state index in [1.807, 2.05) is 0 Å². The van der Waals surface area contributed by atoms with E-state index in [1.165, 1.54) is 0 Å². The van der Waals surface area contributed by atoms with Gasteiger partial charge in [0.2, 0.25) is 5.76 Å². The first-order valence-electron chi connectivity index (χ1n) is 2.80. The number of rotatable bonds is 2. The van der Waals surface area contributed by atoms with Gasteiger partial charge < -0.3 is 14.6 Å². The summed E-state index contributed by atoms with van der Waals surface area (Å²) in [5.74, 6) is -5.84. The Hall–Kier alpha value is -1.59. The Labute approximate surface area is 67.4 Å². The monoisotopic (exact) mass is 178 g/mol. The van der Waals surface area contributed by atoms with Crippen molar-refractivity contribution < 1.29 is 28.6 Å². The zero-order chi connectivity index (χ0) is 9.72. The smallest absolute Gasteiger partial charge is 0.376 e. The standard InChI is InChI=1S/C6H7FO5/c1-11-5(9)3(7)4(8)6(10)12-2/h8H,1-2H3. The van der Waals surface area contributed by atoms with Gasteiger partial charge in [0.1, 0.15) is 0 Å². The molecule has 0 bridgehead atoms. The van der Waals surface area contributed by atoms with Crippen molar-refractivity contribution in [2.45, 2.75) is 0 Å². The van der Waals surface area contributed by atoms with E-state index in [0.717, 1.165) is 14.2 Å². The minimum atomic E-state index is -1.68. The highest BCUT2D eigenvalue weighted by Crippen LogP contribution is 2.06. The minimum Gasteiger partial charge on any atom is -0.500 e. The maximum Gasteiger partial charge on any atom is 0.376 e. The molecule has 0 radical (unpaired) electrons. The Bertz CT molecular complexity index is 208. The molecule has 0 aliphatic rings. The molecule has 0 aromatic heterocycles. The largest absolute Gasteiger partial charge is 0.500 e. The molecule has 0 fully saturated rings. The van der Waals surface area contributed by atoms with E-state index in [9.17, 15) is 14.0 Å². The van der Waals surface area contributed by atoms with Gasteiger partial charge in [-0.15, -0.1) is 0 Å². The molecule has 12 heavy (non-hydrogen) atoms. The lowest BCUT2D eigenvalue weighted by Crippen LogP contribution is -2.11. The molecule has 1 N–H and O–H groups in total. The van der Waals surface area contributed by atoms with Crippen molar-refractivity contribution in [1.82, 2.24) is 0 Å². The Kier molecular flexibility index (Phi) is 3.75. The van der Waals surface area contributed by atoms with Crippen LogP contribution in [-0.2, 0) is 19.1 Å². The van der Waals surface area contributed by atoms with Crippen molar-refractivity contribution in [1.29, 1.82) is 0 Å². The summed E-state index contributed by atoms with van der Waals surface area (Å²) >= 11 is 0. The molecule has 68 valence electrons. The van der Waals surface area contributed by atoms with Gasteiger partial charge >= 0.3 is 11.9 Å². The number of ether oxygens (including phenoxy) is 2. The van der Waals surface area contributed by atoms with Crippen LogP contribution in [0.3, 0.4) is 0 Å². The molecule has 0 amide bonds. The summed E-state index contributed by atoms with van der Waals surface area (Å²) in [6.45, 7) is 0. The lowest BCUT2D eigenvalue weighted by Gasteiger charge is -1.98. The van der Waals surface area contributed by atoms with Crippen molar-refractivity contribution in [2.75, 3.05) is 14.2 Å². The highest BCUT2D eigenvalue weighted by molar-refractivity contribution is 5.96. The van der Waals surface area contributed by atoms with Crippen LogP contribution in [-0.4, -0.2) is 31.3 Å². The summed E-state index contributed by atoms with van der Waals surface area (Å²) < 4.78 is 20.3. The van der Waals surface area contributed by atoms with Gasteiger partial charge in [-0.05, 0) is 0 Å². The summed E-state index contributed by atoms with van der Waals surface area (Å²) in [5.41, 5.74) is 0. The average molecular weight is 178 g/mol. The van der Waals surface area contributed by atoms with E-state index < -0.39 is 23.5 Å². The first kappa shape index (κ1) is 10.4. The lowest BCUT2D eigenvalue weighted by molar-refractivity contribution is -0.143. The minimum absolute atomic E-state index is 0.909. The fraction of sp³-hybridized carbons (Fsp3) is 0.333. The number of hydrogen-bond acceptors (Lipinski definition) is 5. The molecule has 0 aromatic rings. The highest BCUT2D eigenvalue weighted by atomic mass is 19.1. The maximum atomic E-state index is 12.5. The maximum absolute atomic E-state index is 12.5. The fourth-order valence-electron chi connectivity index (χ4n) is 0.373. The second-order valence-corrected chi connectivity index (χ2v) is 1.65. The SMILES string of the molecule is COC(=O)C(O)=C(F)C(=O)OC. The fourth-order valence-corrected chi connectivity index (χ4v) is 0.373. The molecule has 0 rings (SSSR count). The molecule has 0 aliphatic heterocycles. The van der Waals surface area contributed by atoms with Crippen molar-refractivity contribution in [3.8, 4) is 0 Å². The summed E-state index contributed by atoms with van der Waals surface area (Å²) in [6.07, 6.45) is 0. The van der Waals surface area contributed by atoms with E-state index >= 15 is 0 Å². The van der Waals surface area contributed by atoms with E-state index in [0.29, 0.717) is 0 Å². The third kappa shape index (κ3) is 2.22. The van der Waals surface area contributed by atoms with Crippen LogP contribution < -0.4 is 0 Å². The number of carbonyl (C=O) groups is 2. The second-order valence-electron chi connectivity index (χ2n) is 1.65. The van der Waals surface area contributed by atoms with Crippen LogP contribution >= 0.6 is 0 Å². The number of esters is 2. The molecule has 0 unspecified atom stereocenters. The Morgan fingerprint density at radius 2 is 1.58 bits per heavy atom. The average Bonchev–Trinajstić information content (AvgIpc) is 2.12. The van der Waals surface area contributed by atoms with Crippen LogP contribution in [0, 0.1) is 0 Å². The van der Waals surface area contributed by atoms with Gasteiger partial charge in [-0.25, -0.2) is 9.59 Å². The summed E-state index contributed by atoms with van der Waals surface area (Å²) in [4.78, 5) is 20.7. The van der Waals surface area contributed by atoms with Crippen LogP contribution in [0.25, 0.3) is 0 Å². The zero-order valence-corrected chi connectivity index (χ0v) is 6.46. The zero-order valence-electron chi connectivity index (χ0n) is 6.46. The predicted molar refractivity (Wildman–Crippen MR) is 34.8 cm³/mol. The molecular formula is C6H7FO5. The molecule has 0 aliphatic carbocycles. The Balaban J connectivity index is 4.68.